The van der Waals surface area contributed by atoms with Crippen molar-refractivity contribution in [1.29, 1.82) is 0 Å². The summed E-state index contributed by atoms with van der Waals surface area (Å²) < 4.78 is 35.8. The first-order valence-corrected chi connectivity index (χ1v) is 7.60. The number of rotatable bonds is 2. The maximum absolute atomic E-state index is 11.9. The van der Waals surface area contributed by atoms with Crippen molar-refractivity contribution in [2.45, 2.75) is 32.2 Å². The van der Waals surface area contributed by atoms with Gasteiger partial charge in [-0.2, -0.15) is 24.3 Å². The minimum Gasteiger partial charge on any atom is -0.171 e. The number of hydrogen-bond donors (Lipinski definition) is 0. The van der Waals surface area contributed by atoms with Crippen LogP contribution in [0.4, 0.5) is 13.2 Å². The van der Waals surface area contributed by atoms with Gasteiger partial charge < -0.3 is 0 Å². The second kappa shape index (κ2) is 3.35. The Bertz CT molecular complexity index is 127. The first-order chi connectivity index (χ1) is 4.63. The van der Waals surface area contributed by atoms with Gasteiger partial charge in [-0.05, 0) is 6.04 Å². The Morgan fingerprint density at radius 2 is 1.73 bits per heavy atom. The highest BCUT2D eigenvalue weighted by Gasteiger charge is 2.39. The van der Waals surface area contributed by atoms with Gasteiger partial charge in [0.05, 0.1) is 5.92 Å². The molecule has 0 saturated carbocycles. The zero-order chi connectivity index (χ0) is 9.28. The number of alkyl halides is 3. The standard InChI is InChI=1S/C6H12ClF3Si/c1-5(6(8,9)10)4-11(2,3)7/h5H,4H2,1-3H3. The van der Waals surface area contributed by atoms with E-state index in [1.807, 2.05) is 0 Å². The molecule has 0 N–H and O–H groups in total. The molecule has 0 amide bonds. The maximum atomic E-state index is 11.9. The van der Waals surface area contributed by atoms with E-state index in [2.05, 4.69) is 0 Å². The molecule has 0 aliphatic carbocycles. The van der Waals surface area contributed by atoms with Gasteiger partial charge in [-0.25, -0.2) is 0 Å². The van der Waals surface area contributed by atoms with Crippen LogP contribution in [0.15, 0.2) is 0 Å². The van der Waals surface area contributed by atoms with E-state index in [9.17, 15) is 13.2 Å². The zero-order valence-corrected chi connectivity index (χ0v) is 8.55. The molecule has 11 heavy (non-hydrogen) atoms. The summed E-state index contributed by atoms with van der Waals surface area (Å²) in [6, 6.07) is 0.0953. The van der Waals surface area contributed by atoms with Gasteiger partial charge in [0.1, 0.15) is 0 Å². The van der Waals surface area contributed by atoms with Gasteiger partial charge in [-0.3, -0.25) is 0 Å². The summed E-state index contributed by atoms with van der Waals surface area (Å²) in [5.74, 6) is -1.26. The summed E-state index contributed by atoms with van der Waals surface area (Å²) in [6.45, 7) is 4.62. The Kier molecular flexibility index (Phi) is 3.44. The van der Waals surface area contributed by atoms with Crippen LogP contribution >= 0.6 is 11.1 Å². The van der Waals surface area contributed by atoms with E-state index in [0.717, 1.165) is 0 Å². The van der Waals surface area contributed by atoms with E-state index in [1.54, 1.807) is 13.1 Å². The summed E-state index contributed by atoms with van der Waals surface area (Å²) >= 11 is 5.77. The van der Waals surface area contributed by atoms with Gasteiger partial charge in [0, 0.05) is 0 Å². The lowest BCUT2D eigenvalue weighted by atomic mass is 10.2. The van der Waals surface area contributed by atoms with Crippen LogP contribution in [0.25, 0.3) is 0 Å². The molecule has 0 nitrogen and oxygen atoms in total. The number of halogens is 4. The van der Waals surface area contributed by atoms with Gasteiger partial charge in [0.15, 0.2) is 7.38 Å². The van der Waals surface area contributed by atoms with E-state index < -0.39 is 19.5 Å². The third kappa shape index (κ3) is 5.55. The normalized spacial score (nSPS) is 16.6. The molecule has 0 rings (SSSR count). The van der Waals surface area contributed by atoms with Crippen molar-refractivity contribution in [1.82, 2.24) is 0 Å². The molecule has 0 bridgehead atoms. The molecular formula is C6H12ClF3Si. The predicted octanol–water partition coefficient (Wildman–Crippen LogP) is 3.63. The van der Waals surface area contributed by atoms with E-state index in [-0.39, 0.29) is 6.04 Å². The van der Waals surface area contributed by atoms with Crippen molar-refractivity contribution < 1.29 is 13.2 Å². The maximum Gasteiger partial charge on any atom is 0.391 e. The van der Waals surface area contributed by atoms with Crippen molar-refractivity contribution in [3.05, 3.63) is 0 Å². The summed E-state index contributed by atoms with van der Waals surface area (Å²) in [4.78, 5) is 0. The highest BCUT2D eigenvalue weighted by Crippen LogP contribution is 2.33. The molecule has 0 saturated heterocycles. The first-order valence-electron chi connectivity index (χ1n) is 3.38. The molecule has 0 radical (unpaired) electrons. The third-order valence-electron chi connectivity index (χ3n) is 1.35. The fraction of sp³-hybridized carbons (Fsp3) is 1.00. The Hall–Kier alpha value is 0.297. The molecule has 68 valence electrons. The molecule has 0 fully saturated rings. The van der Waals surface area contributed by atoms with Crippen LogP contribution in [-0.4, -0.2) is 13.6 Å². The Labute approximate surface area is 70.5 Å². The molecule has 0 aromatic carbocycles. The summed E-state index contributed by atoms with van der Waals surface area (Å²) in [5.41, 5.74) is 0. The highest BCUT2D eigenvalue weighted by molar-refractivity contribution is 7.19. The van der Waals surface area contributed by atoms with Crippen molar-refractivity contribution in [3.63, 3.8) is 0 Å². The van der Waals surface area contributed by atoms with Gasteiger partial charge in [0.2, 0.25) is 0 Å². The van der Waals surface area contributed by atoms with Crippen molar-refractivity contribution in [3.8, 4) is 0 Å². The van der Waals surface area contributed by atoms with Gasteiger partial charge >= 0.3 is 6.18 Å². The minimum absolute atomic E-state index is 0.0953. The topological polar surface area (TPSA) is 0 Å². The van der Waals surface area contributed by atoms with E-state index in [1.165, 1.54) is 6.92 Å². The largest absolute Gasteiger partial charge is 0.391 e. The van der Waals surface area contributed by atoms with Crippen LogP contribution < -0.4 is 0 Å². The second-order valence-corrected chi connectivity index (χ2v) is 10.3. The van der Waals surface area contributed by atoms with Crippen molar-refractivity contribution >= 4 is 18.5 Å². The molecule has 1 atom stereocenters. The average Bonchev–Trinajstić information content (AvgIpc) is 1.56. The highest BCUT2D eigenvalue weighted by atomic mass is 35.6. The summed E-state index contributed by atoms with van der Waals surface area (Å²) in [6.07, 6.45) is -4.08. The Morgan fingerprint density at radius 1 is 1.36 bits per heavy atom. The van der Waals surface area contributed by atoms with Gasteiger partial charge in [0.25, 0.3) is 0 Å². The van der Waals surface area contributed by atoms with E-state index in [0.29, 0.717) is 0 Å². The molecule has 0 spiro atoms. The van der Waals surface area contributed by atoms with Crippen molar-refractivity contribution in [2.75, 3.05) is 0 Å². The molecule has 0 heterocycles. The monoisotopic (exact) mass is 204 g/mol. The second-order valence-electron chi connectivity index (χ2n) is 3.37. The van der Waals surface area contributed by atoms with Crippen LogP contribution in [0.3, 0.4) is 0 Å². The van der Waals surface area contributed by atoms with Crippen LogP contribution in [-0.2, 0) is 0 Å². The van der Waals surface area contributed by atoms with E-state index in [4.69, 9.17) is 11.1 Å². The average molecular weight is 205 g/mol. The first kappa shape index (κ1) is 11.3. The quantitative estimate of drug-likeness (QED) is 0.476. The fourth-order valence-corrected chi connectivity index (χ4v) is 3.23. The summed E-state index contributed by atoms with van der Waals surface area (Å²) in [7, 11) is -2.08. The van der Waals surface area contributed by atoms with Crippen LogP contribution in [0.1, 0.15) is 6.92 Å². The number of hydrogen-bond acceptors (Lipinski definition) is 0. The van der Waals surface area contributed by atoms with Gasteiger partial charge in [-0.15, -0.1) is 0 Å². The molecule has 0 aromatic heterocycles. The molecular weight excluding hydrogens is 193 g/mol. The fourth-order valence-electron chi connectivity index (χ4n) is 0.844. The lowest BCUT2D eigenvalue weighted by Gasteiger charge is -2.21. The molecule has 0 aliphatic heterocycles. The van der Waals surface area contributed by atoms with Gasteiger partial charge in [-0.1, -0.05) is 20.0 Å². The SMILES string of the molecule is CC(C[Si](C)(C)Cl)C(F)(F)F. The lowest BCUT2D eigenvalue weighted by molar-refractivity contribution is -0.164. The minimum atomic E-state index is -4.08. The van der Waals surface area contributed by atoms with Crippen LogP contribution in [0, 0.1) is 5.92 Å². The molecule has 0 aliphatic rings. The van der Waals surface area contributed by atoms with Crippen LogP contribution in [0.2, 0.25) is 19.1 Å². The lowest BCUT2D eigenvalue weighted by Crippen LogP contribution is -2.28. The predicted molar refractivity (Wildman–Crippen MR) is 43.4 cm³/mol. The smallest absolute Gasteiger partial charge is 0.171 e. The third-order valence-corrected chi connectivity index (χ3v) is 3.40. The Morgan fingerprint density at radius 3 is 1.82 bits per heavy atom. The van der Waals surface area contributed by atoms with Crippen molar-refractivity contribution in [2.24, 2.45) is 5.92 Å². The molecule has 5 heteroatoms. The zero-order valence-electron chi connectivity index (χ0n) is 6.80. The van der Waals surface area contributed by atoms with Crippen LogP contribution in [0.5, 0.6) is 0 Å². The Balaban J connectivity index is 3.99. The summed E-state index contributed by atoms with van der Waals surface area (Å²) in [5, 5.41) is 0. The molecule has 0 aromatic rings. The molecule has 1 unspecified atom stereocenters. The van der Waals surface area contributed by atoms with E-state index >= 15 is 0 Å².